The van der Waals surface area contributed by atoms with Gasteiger partial charge in [0.2, 0.25) is 0 Å². The molecule has 0 aromatic heterocycles. The Balaban J connectivity index is 4.63. The Kier molecular flexibility index (Phi) is 9.34. The zero-order valence-electron chi connectivity index (χ0n) is 10.4. The van der Waals surface area contributed by atoms with E-state index in [1.807, 2.05) is 20.8 Å². The van der Waals surface area contributed by atoms with Crippen LogP contribution in [0.5, 0.6) is 0 Å². The van der Waals surface area contributed by atoms with Gasteiger partial charge < -0.3 is 9.05 Å². The van der Waals surface area contributed by atoms with E-state index in [4.69, 9.17) is 20.6 Å². The van der Waals surface area contributed by atoms with E-state index in [0.717, 1.165) is 24.8 Å². The molecule has 0 aliphatic rings. The lowest BCUT2D eigenvalue weighted by molar-refractivity contribution is 0.228. The summed E-state index contributed by atoms with van der Waals surface area (Å²) < 4.78 is 22.6. The van der Waals surface area contributed by atoms with Gasteiger partial charge in [0.05, 0.1) is 13.2 Å². The van der Waals surface area contributed by atoms with Crippen LogP contribution in [0.2, 0.25) is 0 Å². The van der Waals surface area contributed by atoms with Crippen molar-refractivity contribution in [2.24, 2.45) is 0 Å². The summed E-state index contributed by atoms with van der Waals surface area (Å²) in [7, 11) is -3.04. The molecule has 0 spiro atoms. The zero-order valence-corrected chi connectivity index (χ0v) is 12.0. The molecular weight excluding hydrogens is 247 g/mol. The van der Waals surface area contributed by atoms with Crippen molar-refractivity contribution in [2.75, 3.05) is 19.1 Å². The molecule has 96 valence electrons. The second-order valence-corrected chi connectivity index (χ2v) is 5.54. The number of hydrogen-bond donors (Lipinski definition) is 0. The predicted molar refractivity (Wildman–Crippen MR) is 69.2 cm³/mol. The molecule has 0 rings (SSSR count). The zero-order chi connectivity index (χ0) is 12.4. The van der Waals surface area contributed by atoms with E-state index in [1.54, 1.807) is 5.82 Å². The molecule has 0 unspecified atom stereocenters. The summed E-state index contributed by atoms with van der Waals surface area (Å²) in [5.41, 5.74) is 1.09. The average Bonchev–Trinajstić information content (AvgIpc) is 2.25. The molecule has 0 saturated heterocycles. The topological polar surface area (TPSA) is 35.5 Å². The summed E-state index contributed by atoms with van der Waals surface area (Å²) in [6.07, 6.45) is 2.59. The fourth-order valence-electron chi connectivity index (χ4n) is 1.32. The SMILES string of the molecule is CCOP(=O)(C=C(CC)CCCCl)OCC. The molecule has 0 amide bonds. The highest BCUT2D eigenvalue weighted by atomic mass is 35.5. The maximum Gasteiger partial charge on any atom is 0.354 e. The van der Waals surface area contributed by atoms with Crippen molar-refractivity contribution in [1.29, 1.82) is 0 Å². The molecule has 0 aliphatic heterocycles. The molecule has 0 radical (unpaired) electrons. The monoisotopic (exact) mass is 268 g/mol. The Hall–Kier alpha value is 0.180. The normalized spacial score (nSPS) is 13.1. The fraction of sp³-hybridized carbons (Fsp3) is 0.818. The van der Waals surface area contributed by atoms with Gasteiger partial charge in [-0.25, -0.2) is 0 Å². The molecule has 0 aliphatic carbocycles. The highest BCUT2D eigenvalue weighted by Crippen LogP contribution is 2.51. The molecule has 0 aromatic carbocycles. The van der Waals surface area contributed by atoms with Gasteiger partial charge >= 0.3 is 7.60 Å². The van der Waals surface area contributed by atoms with Crippen LogP contribution in [-0.2, 0) is 13.6 Å². The van der Waals surface area contributed by atoms with Crippen LogP contribution in [0.4, 0.5) is 0 Å². The molecule has 0 heterocycles. The number of rotatable bonds is 9. The summed E-state index contributed by atoms with van der Waals surface area (Å²) >= 11 is 5.64. The molecule has 0 atom stereocenters. The van der Waals surface area contributed by atoms with Crippen LogP contribution in [-0.4, -0.2) is 19.1 Å². The van der Waals surface area contributed by atoms with Crippen molar-refractivity contribution in [1.82, 2.24) is 0 Å². The summed E-state index contributed by atoms with van der Waals surface area (Å²) in [5.74, 6) is 2.28. The first-order chi connectivity index (χ1) is 7.61. The minimum absolute atomic E-state index is 0.389. The van der Waals surface area contributed by atoms with E-state index in [-0.39, 0.29) is 0 Å². The van der Waals surface area contributed by atoms with Gasteiger partial charge in [-0.15, -0.1) is 11.6 Å². The molecule has 3 nitrogen and oxygen atoms in total. The van der Waals surface area contributed by atoms with E-state index < -0.39 is 7.60 Å². The summed E-state index contributed by atoms with van der Waals surface area (Å²) in [5, 5.41) is 0. The second-order valence-electron chi connectivity index (χ2n) is 3.31. The van der Waals surface area contributed by atoms with E-state index in [9.17, 15) is 4.57 Å². The van der Waals surface area contributed by atoms with Gasteiger partial charge in [0, 0.05) is 11.7 Å². The highest BCUT2D eigenvalue weighted by Gasteiger charge is 2.20. The molecular formula is C11H22ClO3P. The molecule has 5 heteroatoms. The minimum Gasteiger partial charge on any atom is -0.306 e. The van der Waals surface area contributed by atoms with Crippen LogP contribution in [0.3, 0.4) is 0 Å². The van der Waals surface area contributed by atoms with Crippen LogP contribution < -0.4 is 0 Å². The quantitative estimate of drug-likeness (QED) is 0.454. The Morgan fingerprint density at radius 3 is 2.19 bits per heavy atom. The van der Waals surface area contributed by atoms with Crippen molar-refractivity contribution in [3.63, 3.8) is 0 Å². The Labute approximate surface area is 104 Å². The number of alkyl halides is 1. The van der Waals surface area contributed by atoms with Crippen molar-refractivity contribution in [3.05, 3.63) is 11.4 Å². The van der Waals surface area contributed by atoms with Crippen LogP contribution in [0.15, 0.2) is 11.4 Å². The maximum atomic E-state index is 12.2. The third kappa shape index (κ3) is 6.70. The summed E-state index contributed by atoms with van der Waals surface area (Å²) in [4.78, 5) is 0. The van der Waals surface area contributed by atoms with E-state index in [1.165, 1.54) is 0 Å². The van der Waals surface area contributed by atoms with Crippen molar-refractivity contribution in [2.45, 2.75) is 40.0 Å². The van der Waals surface area contributed by atoms with E-state index >= 15 is 0 Å². The Bertz CT molecular complexity index is 244. The molecule has 0 aromatic rings. The minimum atomic E-state index is -3.04. The number of hydrogen-bond acceptors (Lipinski definition) is 3. The smallest absolute Gasteiger partial charge is 0.306 e. The van der Waals surface area contributed by atoms with Crippen LogP contribution >= 0.6 is 19.2 Å². The maximum absolute atomic E-state index is 12.2. The van der Waals surface area contributed by atoms with Gasteiger partial charge in [-0.05, 0) is 33.1 Å². The molecule has 0 N–H and O–H groups in total. The van der Waals surface area contributed by atoms with Gasteiger partial charge in [-0.3, -0.25) is 4.57 Å². The predicted octanol–water partition coefficient (Wildman–Crippen LogP) is 4.57. The average molecular weight is 269 g/mol. The third-order valence-corrected chi connectivity index (χ3v) is 4.23. The number of allylic oxidation sites excluding steroid dienone is 1. The largest absolute Gasteiger partial charge is 0.354 e. The summed E-state index contributed by atoms with van der Waals surface area (Å²) in [6, 6.07) is 0. The van der Waals surface area contributed by atoms with Crippen molar-refractivity contribution in [3.8, 4) is 0 Å². The van der Waals surface area contributed by atoms with Gasteiger partial charge in [-0.1, -0.05) is 12.5 Å². The number of halogens is 1. The molecule has 0 fully saturated rings. The first kappa shape index (κ1) is 16.2. The lowest BCUT2D eigenvalue weighted by Crippen LogP contribution is -1.95. The van der Waals surface area contributed by atoms with Gasteiger partial charge in [0.15, 0.2) is 0 Å². The van der Waals surface area contributed by atoms with Gasteiger partial charge in [0.1, 0.15) is 0 Å². The van der Waals surface area contributed by atoms with Crippen molar-refractivity contribution >= 4 is 19.2 Å². The van der Waals surface area contributed by atoms with Crippen molar-refractivity contribution < 1.29 is 13.6 Å². The molecule has 0 saturated carbocycles. The Morgan fingerprint density at radius 1 is 1.25 bits per heavy atom. The third-order valence-electron chi connectivity index (χ3n) is 2.04. The van der Waals surface area contributed by atoms with Crippen LogP contribution in [0, 0.1) is 0 Å². The fourth-order valence-corrected chi connectivity index (χ4v) is 3.16. The first-order valence-electron chi connectivity index (χ1n) is 5.77. The lowest BCUT2D eigenvalue weighted by Gasteiger charge is -2.15. The standard InChI is InChI=1S/C11H22ClO3P/c1-4-11(8-7-9-12)10-16(13,14-5-2)15-6-3/h10H,4-9H2,1-3H3. The van der Waals surface area contributed by atoms with E-state index in [2.05, 4.69) is 0 Å². The van der Waals surface area contributed by atoms with Gasteiger partial charge in [-0.2, -0.15) is 0 Å². The summed E-state index contributed by atoms with van der Waals surface area (Å²) in [6.45, 7) is 6.43. The molecule has 16 heavy (non-hydrogen) atoms. The Morgan fingerprint density at radius 2 is 1.81 bits per heavy atom. The second kappa shape index (κ2) is 9.23. The lowest BCUT2D eigenvalue weighted by atomic mass is 10.1. The highest BCUT2D eigenvalue weighted by molar-refractivity contribution is 7.57. The van der Waals surface area contributed by atoms with Crippen LogP contribution in [0.1, 0.15) is 40.0 Å². The van der Waals surface area contributed by atoms with Gasteiger partial charge in [0.25, 0.3) is 0 Å². The van der Waals surface area contributed by atoms with Crippen LogP contribution in [0.25, 0.3) is 0 Å². The molecule has 0 bridgehead atoms. The first-order valence-corrected chi connectivity index (χ1v) is 7.91. The van der Waals surface area contributed by atoms with E-state index in [0.29, 0.717) is 19.1 Å².